The second kappa shape index (κ2) is 5.80. The number of hydrogen-bond acceptors (Lipinski definition) is 3. The van der Waals surface area contributed by atoms with Crippen LogP contribution in [0.4, 0.5) is 0 Å². The van der Waals surface area contributed by atoms with E-state index in [9.17, 15) is 4.79 Å². The number of nitrogens with zero attached hydrogens (tertiary/aromatic N) is 2. The van der Waals surface area contributed by atoms with E-state index in [1.807, 2.05) is 11.9 Å². The van der Waals surface area contributed by atoms with Crippen LogP contribution >= 0.6 is 0 Å². The van der Waals surface area contributed by atoms with Crippen LogP contribution < -0.4 is 5.73 Å². The smallest absolute Gasteiger partial charge is 0.239 e. The Hall–Kier alpha value is -0.610. The molecule has 1 saturated carbocycles. The normalized spacial score (nSPS) is 29.8. The highest BCUT2D eigenvalue weighted by atomic mass is 16.2. The van der Waals surface area contributed by atoms with Crippen LogP contribution in [-0.2, 0) is 4.79 Å². The summed E-state index contributed by atoms with van der Waals surface area (Å²) >= 11 is 0. The van der Waals surface area contributed by atoms with E-state index in [2.05, 4.69) is 18.7 Å². The molecule has 0 bridgehead atoms. The van der Waals surface area contributed by atoms with Crippen molar-refractivity contribution in [3.63, 3.8) is 0 Å². The van der Waals surface area contributed by atoms with E-state index in [0.717, 1.165) is 13.0 Å². The molecular formula is C15H29N3O. The molecule has 2 rings (SSSR count). The van der Waals surface area contributed by atoms with Crippen molar-refractivity contribution in [2.24, 2.45) is 5.73 Å². The monoisotopic (exact) mass is 267 g/mol. The second-order valence-electron chi connectivity index (χ2n) is 6.80. The average Bonchev–Trinajstić information content (AvgIpc) is 2.36. The van der Waals surface area contributed by atoms with E-state index in [1.165, 1.54) is 32.1 Å². The lowest BCUT2D eigenvalue weighted by atomic mass is 9.85. The molecule has 2 N–H and O–H groups in total. The van der Waals surface area contributed by atoms with Gasteiger partial charge in [-0.3, -0.25) is 9.69 Å². The maximum Gasteiger partial charge on any atom is 0.239 e. The van der Waals surface area contributed by atoms with Gasteiger partial charge in [0.25, 0.3) is 0 Å². The Balaban J connectivity index is 2.24. The molecule has 19 heavy (non-hydrogen) atoms. The molecule has 0 aromatic carbocycles. The van der Waals surface area contributed by atoms with Crippen molar-refractivity contribution in [1.82, 2.24) is 9.80 Å². The minimum atomic E-state index is -0.0122. The zero-order valence-corrected chi connectivity index (χ0v) is 12.7. The molecule has 0 aromatic rings. The molecule has 4 nitrogen and oxygen atoms in total. The molecule has 4 heteroatoms. The topological polar surface area (TPSA) is 49.6 Å². The van der Waals surface area contributed by atoms with Crippen LogP contribution in [-0.4, -0.2) is 53.5 Å². The van der Waals surface area contributed by atoms with Gasteiger partial charge in [0.15, 0.2) is 0 Å². The van der Waals surface area contributed by atoms with Gasteiger partial charge in [-0.25, -0.2) is 0 Å². The van der Waals surface area contributed by atoms with Crippen molar-refractivity contribution in [2.45, 2.75) is 70.0 Å². The van der Waals surface area contributed by atoms with Gasteiger partial charge in [0.1, 0.15) is 0 Å². The molecule has 1 saturated heterocycles. The summed E-state index contributed by atoms with van der Waals surface area (Å²) in [5.74, 6) is 0.260. The molecular weight excluding hydrogens is 238 g/mol. The lowest BCUT2D eigenvalue weighted by Crippen LogP contribution is -2.68. The standard InChI is InChI=1S/C15H29N3O/c1-15(2)11-17(3)14(19)13(9-10-16)18(15)12-7-5-4-6-8-12/h12-13H,4-11,16H2,1-3H3. The third-order valence-electron chi connectivity index (χ3n) is 4.73. The first-order chi connectivity index (χ1) is 8.97. The van der Waals surface area contributed by atoms with Gasteiger partial charge >= 0.3 is 0 Å². The quantitative estimate of drug-likeness (QED) is 0.845. The Morgan fingerprint density at radius 1 is 1.26 bits per heavy atom. The molecule has 0 aromatic heterocycles. The maximum absolute atomic E-state index is 12.5. The summed E-state index contributed by atoms with van der Waals surface area (Å²) in [6.07, 6.45) is 7.21. The first-order valence-electron chi connectivity index (χ1n) is 7.71. The largest absolute Gasteiger partial charge is 0.343 e. The zero-order valence-electron chi connectivity index (χ0n) is 12.7. The van der Waals surface area contributed by atoms with Crippen molar-refractivity contribution in [3.8, 4) is 0 Å². The molecule has 1 aliphatic heterocycles. The number of likely N-dealkylation sites (N-methyl/N-ethyl adjacent to an activating group) is 1. The maximum atomic E-state index is 12.5. The Kier molecular flexibility index (Phi) is 4.51. The number of rotatable bonds is 3. The van der Waals surface area contributed by atoms with Crippen molar-refractivity contribution >= 4 is 5.91 Å². The van der Waals surface area contributed by atoms with Gasteiger partial charge < -0.3 is 10.6 Å². The Morgan fingerprint density at radius 3 is 2.47 bits per heavy atom. The molecule has 1 unspecified atom stereocenters. The first-order valence-corrected chi connectivity index (χ1v) is 7.71. The molecule has 1 amide bonds. The zero-order chi connectivity index (χ0) is 14.0. The number of piperazine rings is 1. The summed E-state index contributed by atoms with van der Waals surface area (Å²) in [6.45, 7) is 5.95. The van der Waals surface area contributed by atoms with Crippen LogP contribution in [0.3, 0.4) is 0 Å². The minimum absolute atomic E-state index is 0.0122. The third-order valence-corrected chi connectivity index (χ3v) is 4.73. The highest BCUT2D eigenvalue weighted by Crippen LogP contribution is 2.34. The Bertz CT molecular complexity index is 323. The lowest BCUT2D eigenvalue weighted by Gasteiger charge is -2.54. The summed E-state index contributed by atoms with van der Waals surface area (Å²) in [5, 5.41) is 0. The summed E-state index contributed by atoms with van der Waals surface area (Å²) in [7, 11) is 1.92. The van der Waals surface area contributed by atoms with Crippen molar-refractivity contribution in [1.29, 1.82) is 0 Å². The number of amides is 1. The summed E-state index contributed by atoms with van der Waals surface area (Å²) < 4.78 is 0. The first kappa shape index (κ1) is 14.8. The van der Waals surface area contributed by atoms with Crippen molar-refractivity contribution in [2.75, 3.05) is 20.1 Å². The van der Waals surface area contributed by atoms with E-state index >= 15 is 0 Å². The van der Waals surface area contributed by atoms with Crippen molar-refractivity contribution in [3.05, 3.63) is 0 Å². The fraction of sp³-hybridized carbons (Fsp3) is 0.933. The van der Waals surface area contributed by atoms with Crippen LogP contribution in [0, 0.1) is 0 Å². The Morgan fingerprint density at radius 2 is 1.89 bits per heavy atom. The van der Waals surface area contributed by atoms with E-state index in [-0.39, 0.29) is 17.5 Å². The van der Waals surface area contributed by atoms with Crippen LogP contribution in [0.25, 0.3) is 0 Å². The molecule has 1 atom stereocenters. The van der Waals surface area contributed by atoms with Gasteiger partial charge in [0, 0.05) is 25.2 Å². The van der Waals surface area contributed by atoms with E-state index in [4.69, 9.17) is 5.73 Å². The van der Waals surface area contributed by atoms with Gasteiger partial charge in [-0.1, -0.05) is 19.3 Å². The van der Waals surface area contributed by atoms with Crippen LogP contribution in [0.1, 0.15) is 52.4 Å². The summed E-state index contributed by atoms with van der Waals surface area (Å²) in [5.41, 5.74) is 5.81. The molecule has 1 aliphatic carbocycles. The predicted octanol–water partition coefficient (Wildman–Crippen LogP) is 1.59. The summed E-state index contributed by atoms with van der Waals surface area (Å²) in [6, 6.07) is 0.555. The van der Waals surface area contributed by atoms with Gasteiger partial charge in [0.2, 0.25) is 5.91 Å². The minimum Gasteiger partial charge on any atom is -0.343 e. The molecule has 1 heterocycles. The van der Waals surface area contributed by atoms with Crippen LogP contribution in [0.15, 0.2) is 0 Å². The fourth-order valence-electron chi connectivity index (χ4n) is 4.06. The highest BCUT2D eigenvalue weighted by Gasteiger charge is 2.46. The molecule has 0 radical (unpaired) electrons. The van der Waals surface area contributed by atoms with Gasteiger partial charge in [-0.05, 0) is 39.7 Å². The predicted molar refractivity (Wildman–Crippen MR) is 77.9 cm³/mol. The van der Waals surface area contributed by atoms with Crippen molar-refractivity contribution < 1.29 is 4.79 Å². The number of nitrogens with two attached hydrogens (primary N) is 1. The third kappa shape index (κ3) is 2.95. The summed E-state index contributed by atoms with van der Waals surface area (Å²) in [4.78, 5) is 16.9. The molecule has 2 fully saturated rings. The van der Waals surface area contributed by atoms with E-state index in [0.29, 0.717) is 12.6 Å². The van der Waals surface area contributed by atoms with Crippen LogP contribution in [0.5, 0.6) is 0 Å². The highest BCUT2D eigenvalue weighted by molar-refractivity contribution is 5.82. The van der Waals surface area contributed by atoms with E-state index in [1.54, 1.807) is 0 Å². The van der Waals surface area contributed by atoms with Crippen LogP contribution in [0.2, 0.25) is 0 Å². The Labute approximate surface area is 117 Å². The average molecular weight is 267 g/mol. The number of carbonyl (C=O) groups is 1. The number of carbonyl (C=O) groups excluding carboxylic acids is 1. The molecule has 2 aliphatic rings. The van der Waals surface area contributed by atoms with Gasteiger partial charge in [-0.15, -0.1) is 0 Å². The van der Waals surface area contributed by atoms with Gasteiger partial charge in [-0.2, -0.15) is 0 Å². The fourth-order valence-corrected chi connectivity index (χ4v) is 4.06. The number of hydrogen-bond donors (Lipinski definition) is 1. The second-order valence-corrected chi connectivity index (χ2v) is 6.80. The van der Waals surface area contributed by atoms with Gasteiger partial charge in [0.05, 0.1) is 6.04 Å². The van der Waals surface area contributed by atoms with E-state index < -0.39 is 0 Å². The lowest BCUT2D eigenvalue weighted by molar-refractivity contribution is -0.152. The molecule has 0 spiro atoms. The molecule has 110 valence electrons. The SMILES string of the molecule is CN1CC(C)(C)N(C2CCCCC2)C(CCN)C1=O.